The van der Waals surface area contributed by atoms with Crippen LogP contribution in [-0.2, 0) is 0 Å². The van der Waals surface area contributed by atoms with Gasteiger partial charge in [-0.1, -0.05) is 17.7 Å². The zero-order valence-electron chi connectivity index (χ0n) is 10.6. The Bertz CT molecular complexity index is 565. The first-order valence-corrected chi connectivity index (χ1v) is 7.71. The molecule has 1 nitrogen and oxygen atoms in total. The molecule has 0 saturated heterocycles. The molecular weight excluding hydrogens is 330 g/mol. The van der Waals surface area contributed by atoms with E-state index in [2.05, 4.69) is 47.2 Å². The molecular formula is C14H15BrClNS. The minimum atomic E-state index is 0.213. The van der Waals surface area contributed by atoms with Crippen LogP contribution in [0.1, 0.15) is 27.6 Å². The lowest BCUT2D eigenvalue weighted by atomic mass is 9.96. The molecule has 0 aliphatic heterocycles. The topological polar surface area (TPSA) is 12.0 Å². The van der Waals surface area contributed by atoms with Crippen molar-refractivity contribution in [3.63, 3.8) is 0 Å². The summed E-state index contributed by atoms with van der Waals surface area (Å²) >= 11 is 11.3. The fourth-order valence-electron chi connectivity index (χ4n) is 2.19. The maximum absolute atomic E-state index is 6.02. The normalized spacial score (nSPS) is 12.7. The first kappa shape index (κ1) is 14.1. The molecule has 1 aromatic heterocycles. The van der Waals surface area contributed by atoms with Crippen LogP contribution in [0.3, 0.4) is 0 Å². The highest BCUT2D eigenvalue weighted by molar-refractivity contribution is 9.11. The second-order valence-electron chi connectivity index (χ2n) is 4.28. The van der Waals surface area contributed by atoms with E-state index in [-0.39, 0.29) is 6.04 Å². The predicted molar refractivity (Wildman–Crippen MR) is 83.8 cm³/mol. The van der Waals surface area contributed by atoms with Crippen LogP contribution in [0.25, 0.3) is 0 Å². The molecule has 0 saturated carbocycles. The van der Waals surface area contributed by atoms with Crippen LogP contribution in [0.5, 0.6) is 0 Å². The molecule has 1 atom stereocenters. The van der Waals surface area contributed by atoms with E-state index in [9.17, 15) is 0 Å². The molecule has 96 valence electrons. The number of halogens is 2. The maximum atomic E-state index is 6.02. The first-order chi connectivity index (χ1) is 8.52. The van der Waals surface area contributed by atoms with Gasteiger partial charge in [0.25, 0.3) is 0 Å². The van der Waals surface area contributed by atoms with Crippen molar-refractivity contribution in [2.45, 2.75) is 19.9 Å². The molecule has 18 heavy (non-hydrogen) atoms. The molecule has 2 rings (SSSR count). The summed E-state index contributed by atoms with van der Waals surface area (Å²) in [4.78, 5) is 1.33. The SMILES string of the molecule is CNC(c1ccc(Cl)cc1C)c1cc(Br)sc1C. The Morgan fingerprint density at radius 1 is 1.22 bits per heavy atom. The van der Waals surface area contributed by atoms with E-state index >= 15 is 0 Å². The van der Waals surface area contributed by atoms with Gasteiger partial charge in [-0.15, -0.1) is 11.3 Å². The standard InChI is InChI=1S/C14H15BrClNS/c1-8-6-10(16)4-5-11(8)14(17-3)12-7-13(15)18-9(12)2/h4-7,14,17H,1-3H3. The first-order valence-electron chi connectivity index (χ1n) is 5.72. The van der Waals surface area contributed by atoms with E-state index in [1.807, 2.05) is 19.2 Å². The number of benzene rings is 1. The van der Waals surface area contributed by atoms with Gasteiger partial charge >= 0.3 is 0 Å². The van der Waals surface area contributed by atoms with Gasteiger partial charge in [0.05, 0.1) is 9.83 Å². The lowest BCUT2D eigenvalue weighted by molar-refractivity contribution is 0.686. The Morgan fingerprint density at radius 2 is 1.94 bits per heavy atom. The molecule has 1 unspecified atom stereocenters. The average molecular weight is 345 g/mol. The summed E-state index contributed by atoms with van der Waals surface area (Å²) in [7, 11) is 1.99. The molecule has 0 radical (unpaired) electrons. The van der Waals surface area contributed by atoms with E-state index in [1.54, 1.807) is 11.3 Å². The van der Waals surface area contributed by atoms with Crippen LogP contribution >= 0.6 is 38.9 Å². The van der Waals surface area contributed by atoms with Crippen LogP contribution in [-0.4, -0.2) is 7.05 Å². The van der Waals surface area contributed by atoms with Gasteiger partial charge in [-0.2, -0.15) is 0 Å². The fraction of sp³-hybridized carbons (Fsp3) is 0.286. The molecule has 0 spiro atoms. The Labute approximate surface area is 125 Å². The van der Waals surface area contributed by atoms with Crippen molar-refractivity contribution in [1.82, 2.24) is 5.32 Å². The lowest BCUT2D eigenvalue weighted by Gasteiger charge is -2.19. The monoisotopic (exact) mass is 343 g/mol. The van der Waals surface area contributed by atoms with Crippen molar-refractivity contribution in [1.29, 1.82) is 0 Å². The summed E-state index contributed by atoms with van der Waals surface area (Å²) in [6, 6.07) is 8.46. The molecule has 1 N–H and O–H groups in total. The Hall–Kier alpha value is -0.350. The van der Waals surface area contributed by atoms with Crippen LogP contribution in [0.4, 0.5) is 0 Å². The second kappa shape index (κ2) is 5.74. The van der Waals surface area contributed by atoms with Gasteiger partial charge < -0.3 is 5.32 Å². The highest BCUT2D eigenvalue weighted by Crippen LogP contribution is 2.35. The van der Waals surface area contributed by atoms with Gasteiger partial charge in [-0.25, -0.2) is 0 Å². The van der Waals surface area contributed by atoms with Gasteiger partial charge in [0, 0.05) is 9.90 Å². The van der Waals surface area contributed by atoms with E-state index < -0.39 is 0 Å². The molecule has 1 aromatic carbocycles. The number of rotatable bonds is 3. The van der Waals surface area contributed by atoms with Crippen molar-refractivity contribution in [3.8, 4) is 0 Å². The highest BCUT2D eigenvalue weighted by atomic mass is 79.9. The van der Waals surface area contributed by atoms with Gasteiger partial charge in [0.2, 0.25) is 0 Å². The van der Waals surface area contributed by atoms with Gasteiger partial charge in [0.15, 0.2) is 0 Å². The zero-order chi connectivity index (χ0) is 13.3. The molecule has 0 aliphatic rings. The maximum Gasteiger partial charge on any atom is 0.0704 e. The molecule has 0 aliphatic carbocycles. The van der Waals surface area contributed by atoms with Gasteiger partial charge in [0.1, 0.15) is 0 Å². The largest absolute Gasteiger partial charge is 0.309 e. The Kier molecular flexibility index (Phi) is 4.49. The van der Waals surface area contributed by atoms with E-state index in [4.69, 9.17) is 11.6 Å². The van der Waals surface area contributed by atoms with E-state index in [0.717, 1.165) is 5.02 Å². The third-order valence-electron chi connectivity index (χ3n) is 3.07. The Balaban J connectivity index is 2.48. The van der Waals surface area contributed by atoms with Crippen LogP contribution in [0.2, 0.25) is 5.02 Å². The van der Waals surface area contributed by atoms with Crippen molar-refractivity contribution >= 4 is 38.9 Å². The summed E-state index contributed by atoms with van der Waals surface area (Å²) in [6.45, 7) is 4.25. The summed E-state index contributed by atoms with van der Waals surface area (Å²) in [5.74, 6) is 0. The quantitative estimate of drug-likeness (QED) is 0.818. The average Bonchev–Trinajstić information content (AvgIpc) is 2.62. The molecule has 0 amide bonds. The third-order valence-corrected chi connectivity index (χ3v) is 4.87. The fourth-order valence-corrected chi connectivity index (χ4v) is 4.16. The van der Waals surface area contributed by atoms with Crippen molar-refractivity contribution in [2.75, 3.05) is 7.05 Å². The van der Waals surface area contributed by atoms with Crippen LogP contribution < -0.4 is 5.32 Å². The molecule has 2 aromatic rings. The predicted octanol–water partition coefficient (Wildman–Crippen LogP) is 5.09. The minimum Gasteiger partial charge on any atom is -0.309 e. The lowest BCUT2D eigenvalue weighted by Crippen LogP contribution is -2.18. The van der Waals surface area contributed by atoms with E-state index in [0.29, 0.717) is 0 Å². The number of aryl methyl sites for hydroxylation is 2. The second-order valence-corrected chi connectivity index (χ2v) is 7.36. The smallest absolute Gasteiger partial charge is 0.0704 e. The molecule has 0 fully saturated rings. The highest BCUT2D eigenvalue weighted by Gasteiger charge is 2.18. The summed E-state index contributed by atoms with van der Waals surface area (Å²) in [5.41, 5.74) is 3.80. The number of hydrogen-bond acceptors (Lipinski definition) is 2. The third kappa shape index (κ3) is 2.80. The van der Waals surface area contributed by atoms with Crippen LogP contribution in [0.15, 0.2) is 28.1 Å². The van der Waals surface area contributed by atoms with Crippen molar-refractivity contribution < 1.29 is 0 Å². The Morgan fingerprint density at radius 3 is 2.44 bits per heavy atom. The summed E-state index contributed by atoms with van der Waals surface area (Å²) in [6.07, 6.45) is 0. The summed E-state index contributed by atoms with van der Waals surface area (Å²) in [5, 5.41) is 4.18. The van der Waals surface area contributed by atoms with E-state index in [1.165, 1.54) is 25.4 Å². The van der Waals surface area contributed by atoms with Gasteiger partial charge in [-0.05, 0) is 71.7 Å². The van der Waals surface area contributed by atoms with Crippen molar-refractivity contribution in [3.05, 3.63) is 54.6 Å². The molecule has 4 heteroatoms. The van der Waals surface area contributed by atoms with Crippen molar-refractivity contribution in [2.24, 2.45) is 0 Å². The number of thiophene rings is 1. The number of nitrogens with one attached hydrogen (secondary N) is 1. The van der Waals surface area contributed by atoms with Crippen LogP contribution in [0, 0.1) is 13.8 Å². The van der Waals surface area contributed by atoms with Gasteiger partial charge in [-0.3, -0.25) is 0 Å². The zero-order valence-corrected chi connectivity index (χ0v) is 13.7. The minimum absolute atomic E-state index is 0.213. The molecule has 0 bridgehead atoms. The number of hydrogen-bond donors (Lipinski definition) is 1. The summed E-state index contributed by atoms with van der Waals surface area (Å²) < 4.78 is 1.17. The molecule has 1 heterocycles.